The van der Waals surface area contributed by atoms with Crippen LogP contribution in [0.25, 0.3) is 0 Å². The predicted octanol–water partition coefficient (Wildman–Crippen LogP) is -0.0720. The second-order valence-electron chi connectivity index (χ2n) is 2.89. The zero-order valence-electron chi connectivity index (χ0n) is 7.34. The van der Waals surface area contributed by atoms with E-state index < -0.39 is 0 Å². The molecule has 0 heterocycles. The van der Waals surface area contributed by atoms with Gasteiger partial charge in [-0.05, 0) is 12.8 Å². The summed E-state index contributed by atoms with van der Waals surface area (Å²) < 4.78 is 9.79. The van der Waals surface area contributed by atoms with Crippen molar-refractivity contribution in [1.82, 2.24) is 5.32 Å². The minimum Gasteiger partial charge on any atom is -0.382 e. The van der Waals surface area contributed by atoms with Gasteiger partial charge in [-0.15, -0.1) is 0 Å². The van der Waals surface area contributed by atoms with E-state index in [1.54, 1.807) is 7.11 Å². The SMILES string of the molecule is COCCOCC(=O)NC1CC1. The molecular weight excluding hydrogens is 158 g/mol. The van der Waals surface area contributed by atoms with Crippen LogP contribution in [0, 0.1) is 0 Å². The lowest BCUT2D eigenvalue weighted by Crippen LogP contribution is -2.29. The van der Waals surface area contributed by atoms with Gasteiger partial charge in [0.25, 0.3) is 0 Å². The average molecular weight is 173 g/mol. The van der Waals surface area contributed by atoms with Gasteiger partial charge in [-0.3, -0.25) is 4.79 Å². The quantitative estimate of drug-likeness (QED) is 0.572. The van der Waals surface area contributed by atoms with E-state index in [0.29, 0.717) is 19.3 Å². The van der Waals surface area contributed by atoms with E-state index in [9.17, 15) is 4.79 Å². The number of rotatable bonds is 6. The maximum Gasteiger partial charge on any atom is 0.246 e. The smallest absolute Gasteiger partial charge is 0.246 e. The topological polar surface area (TPSA) is 47.6 Å². The van der Waals surface area contributed by atoms with E-state index in [1.165, 1.54) is 0 Å². The average Bonchev–Trinajstić information content (AvgIpc) is 2.82. The van der Waals surface area contributed by atoms with Gasteiger partial charge in [-0.1, -0.05) is 0 Å². The van der Waals surface area contributed by atoms with Gasteiger partial charge < -0.3 is 14.8 Å². The predicted molar refractivity (Wildman–Crippen MR) is 43.9 cm³/mol. The van der Waals surface area contributed by atoms with E-state index in [1.807, 2.05) is 0 Å². The summed E-state index contributed by atoms with van der Waals surface area (Å²) >= 11 is 0. The number of amides is 1. The molecule has 0 aromatic carbocycles. The van der Waals surface area contributed by atoms with Crippen molar-refractivity contribution >= 4 is 5.91 Å². The molecule has 1 aliphatic rings. The minimum atomic E-state index is -0.0198. The third kappa shape index (κ3) is 4.31. The van der Waals surface area contributed by atoms with Crippen LogP contribution in [-0.2, 0) is 14.3 Å². The Morgan fingerprint density at radius 3 is 2.83 bits per heavy atom. The molecule has 0 atom stereocenters. The van der Waals surface area contributed by atoms with Crippen LogP contribution in [0.3, 0.4) is 0 Å². The van der Waals surface area contributed by atoms with E-state index in [4.69, 9.17) is 9.47 Å². The maximum absolute atomic E-state index is 11.0. The van der Waals surface area contributed by atoms with Crippen LogP contribution in [0.5, 0.6) is 0 Å². The van der Waals surface area contributed by atoms with Crippen molar-refractivity contribution in [2.45, 2.75) is 18.9 Å². The Labute approximate surface area is 72.2 Å². The van der Waals surface area contributed by atoms with Gasteiger partial charge >= 0.3 is 0 Å². The molecule has 0 aromatic heterocycles. The highest BCUT2D eigenvalue weighted by molar-refractivity contribution is 5.77. The molecule has 1 aliphatic carbocycles. The van der Waals surface area contributed by atoms with Crippen molar-refractivity contribution in [3.05, 3.63) is 0 Å². The second-order valence-corrected chi connectivity index (χ2v) is 2.89. The molecule has 1 saturated carbocycles. The van der Waals surface area contributed by atoms with Crippen molar-refractivity contribution < 1.29 is 14.3 Å². The molecule has 0 bridgehead atoms. The van der Waals surface area contributed by atoms with Crippen molar-refractivity contribution in [2.75, 3.05) is 26.9 Å². The molecule has 1 fully saturated rings. The molecule has 0 saturated heterocycles. The number of hydrogen-bond donors (Lipinski definition) is 1. The lowest BCUT2D eigenvalue weighted by molar-refractivity contribution is -0.126. The standard InChI is InChI=1S/C8H15NO3/c1-11-4-5-12-6-8(10)9-7-2-3-7/h7H,2-6H2,1H3,(H,9,10). The van der Waals surface area contributed by atoms with Crippen LogP contribution in [0.15, 0.2) is 0 Å². The van der Waals surface area contributed by atoms with Gasteiger partial charge in [0.15, 0.2) is 0 Å². The highest BCUT2D eigenvalue weighted by Crippen LogP contribution is 2.18. The number of hydrogen-bond acceptors (Lipinski definition) is 3. The molecule has 0 aromatic rings. The Hall–Kier alpha value is -0.610. The molecule has 0 radical (unpaired) electrons. The van der Waals surface area contributed by atoms with E-state index in [2.05, 4.69) is 5.32 Å². The first-order chi connectivity index (χ1) is 5.83. The summed E-state index contributed by atoms with van der Waals surface area (Å²) in [5.74, 6) is -0.0198. The lowest BCUT2D eigenvalue weighted by Gasteiger charge is -2.03. The van der Waals surface area contributed by atoms with Gasteiger partial charge in [0.05, 0.1) is 13.2 Å². The minimum absolute atomic E-state index is 0.0198. The zero-order chi connectivity index (χ0) is 8.81. The molecule has 1 amide bonds. The van der Waals surface area contributed by atoms with Gasteiger partial charge in [0.1, 0.15) is 6.61 Å². The maximum atomic E-state index is 11.0. The number of nitrogens with one attached hydrogen (secondary N) is 1. The van der Waals surface area contributed by atoms with Gasteiger partial charge in [0.2, 0.25) is 5.91 Å². The van der Waals surface area contributed by atoms with Gasteiger partial charge in [-0.25, -0.2) is 0 Å². The van der Waals surface area contributed by atoms with E-state index >= 15 is 0 Å². The molecule has 4 nitrogen and oxygen atoms in total. The molecule has 70 valence electrons. The number of carbonyl (C=O) groups is 1. The monoisotopic (exact) mass is 173 g/mol. The van der Waals surface area contributed by atoms with Crippen LogP contribution in [0.4, 0.5) is 0 Å². The fourth-order valence-electron chi connectivity index (χ4n) is 0.804. The van der Waals surface area contributed by atoms with Crippen LogP contribution in [-0.4, -0.2) is 38.9 Å². The van der Waals surface area contributed by atoms with Crippen molar-refractivity contribution in [3.63, 3.8) is 0 Å². The number of methoxy groups -OCH3 is 1. The fraction of sp³-hybridized carbons (Fsp3) is 0.875. The molecule has 12 heavy (non-hydrogen) atoms. The highest BCUT2D eigenvalue weighted by Gasteiger charge is 2.22. The molecule has 4 heteroatoms. The van der Waals surface area contributed by atoms with Crippen molar-refractivity contribution in [3.8, 4) is 0 Å². The molecule has 0 unspecified atom stereocenters. The summed E-state index contributed by atoms with van der Waals surface area (Å²) in [4.78, 5) is 11.0. The highest BCUT2D eigenvalue weighted by atomic mass is 16.5. The van der Waals surface area contributed by atoms with Crippen LogP contribution in [0.1, 0.15) is 12.8 Å². The summed E-state index contributed by atoms with van der Waals surface area (Å²) in [6.07, 6.45) is 2.23. The summed E-state index contributed by atoms with van der Waals surface area (Å²) in [6.45, 7) is 1.17. The first kappa shape index (κ1) is 9.48. The Morgan fingerprint density at radius 1 is 1.50 bits per heavy atom. The largest absolute Gasteiger partial charge is 0.382 e. The summed E-state index contributed by atoms with van der Waals surface area (Å²) in [5.41, 5.74) is 0. The normalized spacial score (nSPS) is 16.1. The van der Waals surface area contributed by atoms with E-state index in [0.717, 1.165) is 12.8 Å². The van der Waals surface area contributed by atoms with Gasteiger partial charge in [-0.2, -0.15) is 0 Å². The fourth-order valence-corrected chi connectivity index (χ4v) is 0.804. The van der Waals surface area contributed by atoms with Crippen molar-refractivity contribution in [2.24, 2.45) is 0 Å². The Morgan fingerprint density at radius 2 is 2.25 bits per heavy atom. The second kappa shape index (κ2) is 5.11. The third-order valence-electron chi connectivity index (χ3n) is 1.61. The first-order valence-corrected chi connectivity index (χ1v) is 4.19. The molecular formula is C8H15NO3. The number of carbonyl (C=O) groups excluding carboxylic acids is 1. The van der Waals surface area contributed by atoms with E-state index in [-0.39, 0.29) is 12.5 Å². The van der Waals surface area contributed by atoms with Crippen LogP contribution < -0.4 is 5.32 Å². The van der Waals surface area contributed by atoms with Gasteiger partial charge in [0, 0.05) is 13.2 Å². The summed E-state index contributed by atoms with van der Waals surface area (Å²) in [5, 5.41) is 2.83. The lowest BCUT2D eigenvalue weighted by atomic mass is 10.6. The Bertz CT molecular complexity index is 145. The number of ether oxygens (including phenoxy) is 2. The van der Waals surface area contributed by atoms with Crippen LogP contribution >= 0.6 is 0 Å². The third-order valence-corrected chi connectivity index (χ3v) is 1.61. The zero-order valence-corrected chi connectivity index (χ0v) is 7.34. The Balaban J connectivity index is 1.87. The molecule has 1 rings (SSSR count). The summed E-state index contributed by atoms with van der Waals surface area (Å²) in [6, 6.07) is 0.420. The van der Waals surface area contributed by atoms with Crippen molar-refractivity contribution in [1.29, 1.82) is 0 Å². The first-order valence-electron chi connectivity index (χ1n) is 4.19. The molecule has 0 spiro atoms. The molecule has 1 N–H and O–H groups in total. The summed E-state index contributed by atoms with van der Waals surface area (Å²) in [7, 11) is 1.60. The Kier molecular flexibility index (Phi) is 4.04. The van der Waals surface area contributed by atoms with Crippen LogP contribution in [0.2, 0.25) is 0 Å². The molecule has 0 aliphatic heterocycles.